The monoisotopic (exact) mass is 379 g/mol. The molecule has 3 rings (SSSR count). The number of methoxy groups -OCH3 is 2. The summed E-state index contributed by atoms with van der Waals surface area (Å²) < 4.78 is 22.8. The molecule has 2 N–H and O–H groups in total. The molecule has 2 aromatic heterocycles. The molecule has 1 atom stereocenters. The van der Waals surface area contributed by atoms with Crippen molar-refractivity contribution in [2.75, 3.05) is 14.2 Å². The fraction of sp³-hybridized carbons (Fsp3) is 0.200. The van der Waals surface area contributed by atoms with Crippen LogP contribution in [0, 0.1) is 0 Å². The van der Waals surface area contributed by atoms with Crippen molar-refractivity contribution in [3.05, 3.63) is 46.4 Å². The van der Waals surface area contributed by atoms with Gasteiger partial charge in [0.2, 0.25) is 5.43 Å². The molecule has 122 valence electrons. The minimum atomic E-state index is -1.45. The Labute approximate surface area is 191 Å². The quantitative estimate of drug-likeness (QED) is 0.640. The summed E-state index contributed by atoms with van der Waals surface area (Å²) in [4.78, 5) is 22.0. The first-order valence-electron chi connectivity index (χ1n) is 6.79. The van der Waals surface area contributed by atoms with Crippen molar-refractivity contribution in [3.8, 4) is 11.5 Å². The largest absolute Gasteiger partial charge is 0.497 e. The van der Waals surface area contributed by atoms with Crippen molar-refractivity contribution in [3.63, 3.8) is 0 Å². The van der Waals surface area contributed by atoms with Crippen LogP contribution in [0.3, 0.4) is 0 Å². The minimum Gasteiger partial charge on any atom is -0.497 e. The van der Waals surface area contributed by atoms with Gasteiger partial charge in [0.1, 0.15) is 5.75 Å². The van der Waals surface area contributed by atoms with Gasteiger partial charge in [-0.2, -0.15) is 0 Å². The molecule has 0 aliphatic carbocycles. The van der Waals surface area contributed by atoms with E-state index < -0.39 is 10.8 Å². The SMILES string of the molecule is COc1ccc2nc(S(=O)Cc3[nH]ccc(=O)c3OC)[nH]c2c1.[Na].[Na]. The molecule has 1 aromatic carbocycles. The summed E-state index contributed by atoms with van der Waals surface area (Å²) in [6.45, 7) is 0. The standard InChI is InChI=1S/C15H15N3O4S.2Na/c1-21-9-3-4-10-11(7-9)18-15(17-10)23(20)8-12-14(22-2)13(19)5-6-16-12;;/h3-7H,8H2,1-2H3,(H,16,19)(H,17,18);;. The molecule has 0 saturated carbocycles. The number of nitrogens with one attached hydrogen (secondary N) is 2. The fourth-order valence-electron chi connectivity index (χ4n) is 2.24. The molecule has 7 nitrogen and oxygen atoms in total. The number of aromatic amines is 2. The van der Waals surface area contributed by atoms with Crippen LogP contribution < -0.4 is 14.9 Å². The first-order chi connectivity index (χ1) is 11.1. The zero-order chi connectivity index (χ0) is 16.4. The van der Waals surface area contributed by atoms with E-state index in [4.69, 9.17) is 9.47 Å². The number of rotatable bonds is 5. The topological polar surface area (TPSA) is 97.1 Å². The minimum absolute atomic E-state index is 0. The van der Waals surface area contributed by atoms with Crippen LogP contribution in [0.15, 0.2) is 40.4 Å². The van der Waals surface area contributed by atoms with Crippen molar-refractivity contribution in [2.24, 2.45) is 0 Å². The van der Waals surface area contributed by atoms with Gasteiger partial charge in [0.15, 0.2) is 10.9 Å². The number of nitrogens with zero attached hydrogens (tertiary/aromatic N) is 1. The Balaban J connectivity index is 0.00000156. The summed E-state index contributed by atoms with van der Waals surface area (Å²) in [5.41, 5.74) is 1.65. The summed E-state index contributed by atoms with van der Waals surface area (Å²) in [6.07, 6.45) is 1.50. The second-order valence-corrected chi connectivity index (χ2v) is 6.14. The predicted molar refractivity (Wildman–Crippen MR) is 97.9 cm³/mol. The van der Waals surface area contributed by atoms with Crippen LogP contribution in [0.1, 0.15) is 5.69 Å². The number of ether oxygens (including phenoxy) is 2. The Hall–Kier alpha value is -0.610. The maximum absolute atomic E-state index is 12.5. The van der Waals surface area contributed by atoms with Gasteiger partial charge in [-0.1, -0.05) is 0 Å². The summed E-state index contributed by atoms with van der Waals surface area (Å²) >= 11 is 0. The van der Waals surface area contributed by atoms with Gasteiger partial charge < -0.3 is 19.4 Å². The fourth-order valence-corrected chi connectivity index (χ4v) is 3.28. The van der Waals surface area contributed by atoms with Gasteiger partial charge in [0, 0.05) is 77.4 Å². The van der Waals surface area contributed by atoms with E-state index >= 15 is 0 Å². The van der Waals surface area contributed by atoms with Crippen LogP contribution >= 0.6 is 0 Å². The summed E-state index contributed by atoms with van der Waals surface area (Å²) in [5, 5.41) is 0.333. The first kappa shape index (κ1) is 22.4. The van der Waals surface area contributed by atoms with Crippen molar-refractivity contribution in [1.82, 2.24) is 15.0 Å². The molecule has 0 aliphatic heterocycles. The average Bonchev–Trinajstić information content (AvgIpc) is 2.98. The number of fused-ring (bicyclic) bond motifs is 1. The number of H-pyrrole nitrogens is 2. The molecular weight excluding hydrogens is 364 g/mol. The van der Waals surface area contributed by atoms with Gasteiger partial charge in [0.05, 0.1) is 47.5 Å². The van der Waals surface area contributed by atoms with E-state index in [-0.39, 0.29) is 76.0 Å². The zero-order valence-corrected chi connectivity index (χ0v) is 19.4. The Morgan fingerprint density at radius 2 is 1.92 bits per heavy atom. The van der Waals surface area contributed by atoms with Crippen LogP contribution in [-0.2, 0) is 16.6 Å². The predicted octanol–water partition coefficient (Wildman–Crippen LogP) is 0.815. The van der Waals surface area contributed by atoms with Crippen LogP contribution in [0.2, 0.25) is 0 Å². The van der Waals surface area contributed by atoms with E-state index in [1.807, 2.05) is 0 Å². The zero-order valence-electron chi connectivity index (χ0n) is 14.6. The number of aromatic nitrogens is 3. The van der Waals surface area contributed by atoms with Crippen molar-refractivity contribution in [2.45, 2.75) is 10.9 Å². The maximum atomic E-state index is 12.5. The third-order valence-corrected chi connectivity index (χ3v) is 4.53. The Morgan fingerprint density at radius 3 is 2.60 bits per heavy atom. The van der Waals surface area contributed by atoms with Crippen molar-refractivity contribution >= 4 is 80.9 Å². The number of hydrogen-bond acceptors (Lipinski definition) is 5. The van der Waals surface area contributed by atoms with E-state index in [1.165, 1.54) is 19.4 Å². The van der Waals surface area contributed by atoms with E-state index in [2.05, 4.69) is 15.0 Å². The molecule has 0 saturated heterocycles. The summed E-state index contributed by atoms with van der Waals surface area (Å²) in [7, 11) is 1.53. The van der Waals surface area contributed by atoms with Crippen molar-refractivity contribution < 1.29 is 13.7 Å². The Kier molecular flexibility index (Phi) is 8.90. The van der Waals surface area contributed by atoms with Gasteiger partial charge in [-0.25, -0.2) is 4.98 Å². The number of pyridine rings is 1. The smallest absolute Gasteiger partial charge is 0.223 e. The van der Waals surface area contributed by atoms with Crippen LogP contribution in [0.5, 0.6) is 11.5 Å². The Morgan fingerprint density at radius 1 is 1.16 bits per heavy atom. The van der Waals surface area contributed by atoms with E-state index in [1.54, 1.807) is 25.3 Å². The Bertz CT molecular complexity index is 942. The molecule has 10 heteroatoms. The van der Waals surface area contributed by atoms with Crippen LogP contribution in [-0.4, -0.2) is 92.5 Å². The third-order valence-electron chi connectivity index (χ3n) is 3.35. The van der Waals surface area contributed by atoms with Crippen LogP contribution in [0.4, 0.5) is 0 Å². The normalized spacial score (nSPS) is 11.3. The second kappa shape index (κ2) is 9.91. The number of benzene rings is 1. The average molecular weight is 379 g/mol. The first-order valence-corrected chi connectivity index (χ1v) is 8.11. The molecule has 0 aliphatic rings. The maximum Gasteiger partial charge on any atom is 0.223 e. The van der Waals surface area contributed by atoms with E-state index in [0.29, 0.717) is 22.1 Å². The van der Waals surface area contributed by atoms with Gasteiger partial charge in [0.25, 0.3) is 0 Å². The molecule has 0 bridgehead atoms. The van der Waals surface area contributed by atoms with E-state index in [9.17, 15) is 9.00 Å². The molecule has 25 heavy (non-hydrogen) atoms. The van der Waals surface area contributed by atoms with Gasteiger partial charge in [-0.3, -0.25) is 9.00 Å². The molecule has 0 spiro atoms. The van der Waals surface area contributed by atoms with Gasteiger partial charge >= 0.3 is 0 Å². The molecule has 0 amide bonds. The van der Waals surface area contributed by atoms with E-state index in [0.717, 1.165) is 5.52 Å². The summed E-state index contributed by atoms with van der Waals surface area (Å²) in [5.74, 6) is 0.946. The van der Waals surface area contributed by atoms with Crippen LogP contribution in [0.25, 0.3) is 11.0 Å². The molecule has 0 fully saturated rings. The van der Waals surface area contributed by atoms with Gasteiger partial charge in [-0.05, 0) is 12.1 Å². The number of imidazole rings is 1. The molecule has 2 heterocycles. The third kappa shape index (κ3) is 4.97. The number of hydrogen-bond donors (Lipinski definition) is 2. The van der Waals surface area contributed by atoms with Gasteiger partial charge in [-0.15, -0.1) is 0 Å². The summed E-state index contributed by atoms with van der Waals surface area (Å²) in [6, 6.07) is 6.72. The molecular formula is C15H15N3Na2O4S. The molecule has 2 radical (unpaired) electrons. The molecule has 3 aromatic rings. The van der Waals surface area contributed by atoms with Crippen molar-refractivity contribution in [1.29, 1.82) is 0 Å². The molecule has 1 unspecified atom stereocenters. The second-order valence-electron chi connectivity index (χ2n) is 4.77.